The lowest BCUT2D eigenvalue weighted by Gasteiger charge is -2.48. The molecule has 0 saturated carbocycles. The second kappa shape index (κ2) is 17.8. The van der Waals surface area contributed by atoms with Gasteiger partial charge < -0.3 is 58.5 Å². The number of nitrogens with one attached hydrogen (secondary N) is 2. The first-order valence-electron chi connectivity index (χ1n) is 21.0. The second-order valence-electron chi connectivity index (χ2n) is 17.0. The number of carbonyl (C=O) groups is 4. The normalized spacial score (nSPS) is 33.2. The highest BCUT2D eigenvalue weighted by Gasteiger charge is 2.53. The number of hydrogen-bond donors (Lipinski definition) is 6. The molecule has 5 aliphatic rings. The van der Waals surface area contributed by atoms with E-state index in [1.54, 1.807) is 20.8 Å². The minimum atomic E-state index is -1.76. The van der Waals surface area contributed by atoms with Crippen LogP contribution in [0.25, 0.3) is 0 Å². The van der Waals surface area contributed by atoms with E-state index >= 15 is 0 Å². The van der Waals surface area contributed by atoms with Crippen molar-refractivity contribution < 1.29 is 72.8 Å². The summed E-state index contributed by atoms with van der Waals surface area (Å²) in [6.07, 6.45) is -5.82. The number of nitrogens with zero attached hydrogens (tertiary/aromatic N) is 1. The zero-order valence-electron chi connectivity index (χ0n) is 36.1. The molecule has 3 heterocycles. The Morgan fingerprint density at radius 2 is 1.63 bits per heavy atom. The summed E-state index contributed by atoms with van der Waals surface area (Å²) in [6, 6.07) is 5.10. The molecule has 6 N–H and O–H groups in total. The molecule has 2 aliphatic carbocycles. The van der Waals surface area contributed by atoms with Crippen LogP contribution in [0.5, 0.6) is 11.5 Å². The van der Waals surface area contributed by atoms with Gasteiger partial charge in [-0.05, 0) is 65.4 Å². The molecular weight excluding hydrogens is 810 g/mol. The summed E-state index contributed by atoms with van der Waals surface area (Å²) >= 11 is 0. The number of methoxy groups -OCH3 is 1. The van der Waals surface area contributed by atoms with Gasteiger partial charge in [-0.3, -0.25) is 30.0 Å². The second-order valence-corrected chi connectivity index (χ2v) is 17.0. The summed E-state index contributed by atoms with van der Waals surface area (Å²) in [6.45, 7) is 8.45. The van der Waals surface area contributed by atoms with E-state index in [2.05, 4.69) is 10.9 Å². The first-order valence-corrected chi connectivity index (χ1v) is 21.0. The van der Waals surface area contributed by atoms with Gasteiger partial charge in [0.2, 0.25) is 11.7 Å². The maximum atomic E-state index is 14.0. The molecule has 18 heteroatoms. The molecular formula is C44H57N3O15. The topological polar surface area (TPSA) is 241 Å². The molecule has 62 heavy (non-hydrogen) atoms. The SMILES string of the molecule is CC[C@@]1(O)C[C@H](O[C@H]2C[C@@H](N(C)C)C(O[C@H]3C[C@@H](O)C(O[C@H]4CCC(NNC(C)=O)=C(C)O4)C(C)O3)C(C)O2)c2c(cc3c(c2O)C(=O)c2c(O)cccc2C3=O)[C@H]1C(=O)OC. The Morgan fingerprint density at radius 1 is 0.952 bits per heavy atom. The average molecular weight is 868 g/mol. The Bertz CT molecular complexity index is 2110. The highest BCUT2D eigenvalue weighted by Crippen LogP contribution is 2.54. The van der Waals surface area contributed by atoms with Gasteiger partial charge in [0.1, 0.15) is 35.4 Å². The first-order chi connectivity index (χ1) is 29.4. The largest absolute Gasteiger partial charge is 0.507 e. The van der Waals surface area contributed by atoms with Crippen molar-refractivity contribution in [3.63, 3.8) is 0 Å². The third kappa shape index (κ3) is 8.42. The number of rotatable bonds is 11. The predicted octanol–water partition coefficient (Wildman–Crippen LogP) is 3.07. The maximum Gasteiger partial charge on any atom is 0.316 e. The fourth-order valence-corrected chi connectivity index (χ4v) is 9.51. The number of aromatic hydroxyl groups is 2. The van der Waals surface area contributed by atoms with Gasteiger partial charge in [0.25, 0.3) is 0 Å². The molecule has 338 valence electrons. The van der Waals surface area contributed by atoms with Crippen molar-refractivity contribution in [1.82, 2.24) is 15.8 Å². The van der Waals surface area contributed by atoms with Crippen LogP contribution in [0.15, 0.2) is 35.7 Å². The molecule has 3 aliphatic heterocycles. The number of aliphatic hydroxyl groups excluding tert-OH is 1. The number of hydrazine groups is 1. The summed E-state index contributed by atoms with van der Waals surface area (Å²) in [5.41, 5.74) is 3.61. The van der Waals surface area contributed by atoms with Crippen molar-refractivity contribution in [2.75, 3.05) is 21.2 Å². The number of ketones is 2. The monoisotopic (exact) mass is 867 g/mol. The Kier molecular flexibility index (Phi) is 13.1. The van der Waals surface area contributed by atoms with Crippen molar-refractivity contribution in [2.24, 2.45) is 0 Å². The molecule has 2 fully saturated rings. The average Bonchev–Trinajstić information content (AvgIpc) is 3.21. The molecule has 7 rings (SSSR count). The molecule has 0 aromatic heterocycles. The molecule has 2 saturated heterocycles. The van der Waals surface area contributed by atoms with E-state index in [0.29, 0.717) is 18.6 Å². The Balaban J connectivity index is 1.09. The highest BCUT2D eigenvalue weighted by molar-refractivity contribution is 6.30. The highest BCUT2D eigenvalue weighted by atomic mass is 16.7. The zero-order chi connectivity index (χ0) is 44.9. The molecule has 0 radical (unpaired) electrons. The van der Waals surface area contributed by atoms with E-state index in [9.17, 15) is 39.6 Å². The summed E-state index contributed by atoms with van der Waals surface area (Å²) in [5, 5.41) is 46.1. The number of amides is 1. The van der Waals surface area contributed by atoms with E-state index in [1.165, 1.54) is 38.3 Å². The fourth-order valence-electron chi connectivity index (χ4n) is 9.51. The molecule has 1 amide bonds. The lowest BCUT2D eigenvalue weighted by atomic mass is 9.67. The molecule has 18 nitrogen and oxygen atoms in total. The molecule has 2 aromatic carbocycles. The third-order valence-corrected chi connectivity index (χ3v) is 12.8. The number of allylic oxidation sites excluding steroid dienone is 2. The number of aliphatic hydroxyl groups is 2. The molecule has 4 unspecified atom stereocenters. The molecule has 0 spiro atoms. The number of benzene rings is 2. The van der Waals surface area contributed by atoms with Crippen LogP contribution in [0, 0.1) is 0 Å². The minimum absolute atomic E-state index is 0.0237. The van der Waals surface area contributed by atoms with E-state index in [1.807, 2.05) is 25.9 Å². The van der Waals surface area contributed by atoms with Crippen LogP contribution in [0.1, 0.15) is 128 Å². The number of likely N-dealkylation sites (N-methyl/N-ethyl adjacent to an activating group) is 1. The van der Waals surface area contributed by atoms with Gasteiger partial charge in [0.05, 0.1) is 54.0 Å². The molecule has 12 atom stereocenters. The Morgan fingerprint density at radius 3 is 2.26 bits per heavy atom. The van der Waals surface area contributed by atoms with Crippen LogP contribution in [0.2, 0.25) is 0 Å². The van der Waals surface area contributed by atoms with E-state index < -0.39 is 96.0 Å². The van der Waals surface area contributed by atoms with Crippen LogP contribution in [-0.4, -0.2) is 131 Å². The smallest absolute Gasteiger partial charge is 0.316 e. The van der Waals surface area contributed by atoms with Crippen LogP contribution in [-0.2, 0) is 42.7 Å². The molecule has 2 aromatic rings. The van der Waals surface area contributed by atoms with Gasteiger partial charge in [-0.2, -0.15) is 0 Å². The first kappa shape index (κ1) is 45.4. The third-order valence-electron chi connectivity index (χ3n) is 12.8. The molecule has 0 bridgehead atoms. The number of hydrogen-bond acceptors (Lipinski definition) is 17. The van der Waals surface area contributed by atoms with Gasteiger partial charge in [0, 0.05) is 55.3 Å². The number of ether oxygens (including phenoxy) is 7. The van der Waals surface area contributed by atoms with Crippen molar-refractivity contribution in [3.05, 3.63) is 69.1 Å². The summed E-state index contributed by atoms with van der Waals surface area (Å²) < 4.78 is 43.2. The Hall–Kier alpha value is -4.66. The van der Waals surface area contributed by atoms with Gasteiger partial charge in [0.15, 0.2) is 24.7 Å². The van der Waals surface area contributed by atoms with Gasteiger partial charge in [-0.1, -0.05) is 19.1 Å². The van der Waals surface area contributed by atoms with Crippen molar-refractivity contribution in [1.29, 1.82) is 0 Å². The predicted molar refractivity (Wildman–Crippen MR) is 216 cm³/mol. The van der Waals surface area contributed by atoms with Gasteiger partial charge in [-0.15, -0.1) is 0 Å². The minimum Gasteiger partial charge on any atom is -0.507 e. The van der Waals surface area contributed by atoms with E-state index in [0.717, 1.165) is 5.70 Å². The summed E-state index contributed by atoms with van der Waals surface area (Å²) in [4.78, 5) is 54.5. The maximum absolute atomic E-state index is 14.0. The number of fused-ring (bicyclic) bond motifs is 3. The van der Waals surface area contributed by atoms with Crippen molar-refractivity contribution in [3.8, 4) is 11.5 Å². The standard InChI is InChI=1S/C44H57N3O15/c1-9-44(55)18-30(35-24(37(44)43(54)56-8)15-25-36(40(35)53)39(52)34-23(38(25)51)11-10-12-28(34)49)60-32-16-27(47(6)7)41(20(3)58-32)62-33-17-29(50)42(21(4)59-33)61-31-14-13-26(19(2)57-31)46-45-22(5)48/h10-12,15,20-21,27,29-33,37,41-42,46,49-50,53,55H,9,13-14,16-18H2,1-8H3,(H,45,48)/t20?,21?,27-,29-,30+,31+,32+,33+,37+,41?,42?,44-/m1/s1. The zero-order valence-corrected chi connectivity index (χ0v) is 36.1. The quantitative estimate of drug-likeness (QED) is 0.120. The lowest BCUT2D eigenvalue weighted by molar-refractivity contribution is -0.321. The van der Waals surface area contributed by atoms with E-state index in [-0.39, 0.29) is 71.0 Å². The summed E-state index contributed by atoms with van der Waals surface area (Å²) in [5.74, 6) is -4.29. The van der Waals surface area contributed by atoms with Crippen molar-refractivity contribution in [2.45, 2.75) is 146 Å². The van der Waals surface area contributed by atoms with Crippen LogP contribution < -0.4 is 10.9 Å². The lowest BCUT2D eigenvalue weighted by Crippen LogP contribution is -2.58. The van der Waals surface area contributed by atoms with Crippen molar-refractivity contribution >= 4 is 23.4 Å². The number of phenols is 2. The number of carbonyl (C=O) groups excluding carboxylic acids is 4. The number of phenolic OH excluding ortho intramolecular Hbond substituents is 2. The number of esters is 1. The van der Waals surface area contributed by atoms with Crippen LogP contribution >= 0.6 is 0 Å². The van der Waals surface area contributed by atoms with Crippen LogP contribution in [0.4, 0.5) is 0 Å². The van der Waals surface area contributed by atoms with Crippen LogP contribution in [0.3, 0.4) is 0 Å². The summed E-state index contributed by atoms with van der Waals surface area (Å²) in [7, 11) is 4.92. The van der Waals surface area contributed by atoms with E-state index in [4.69, 9.17) is 33.2 Å². The van der Waals surface area contributed by atoms with Gasteiger partial charge >= 0.3 is 5.97 Å². The fraction of sp³-hybridized carbons (Fsp3) is 0.591. The van der Waals surface area contributed by atoms with Gasteiger partial charge in [-0.25, -0.2) is 0 Å². The Labute approximate surface area is 359 Å².